The quantitative estimate of drug-likeness (QED) is 0.441. The highest BCUT2D eigenvalue weighted by Crippen LogP contribution is 2.02. The second-order valence-corrected chi connectivity index (χ2v) is 5.66. The van der Waals surface area contributed by atoms with E-state index in [0.29, 0.717) is 32.1 Å². The molecule has 124 valence electrons. The fourth-order valence-corrected chi connectivity index (χ4v) is 1.67. The summed E-state index contributed by atoms with van der Waals surface area (Å²) in [6.07, 6.45) is 5.83. The number of hydrogen-bond donors (Lipinski definition) is 1. The third-order valence-corrected chi connectivity index (χ3v) is 2.89. The van der Waals surface area contributed by atoms with Crippen molar-refractivity contribution in [1.29, 1.82) is 0 Å². The van der Waals surface area contributed by atoms with Gasteiger partial charge in [0.05, 0.1) is 13.2 Å². The summed E-state index contributed by atoms with van der Waals surface area (Å²) in [5.41, 5.74) is 0. The first-order valence-electron chi connectivity index (χ1n) is 8.12. The zero-order valence-corrected chi connectivity index (χ0v) is 13.8. The van der Waals surface area contributed by atoms with Crippen molar-refractivity contribution >= 4 is 12.1 Å². The van der Waals surface area contributed by atoms with Gasteiger partial charge in [-0.2, -0.15) is 0 Å². The minimum atomic E-state index is -0.362. The second-order valence-electron chi connectivity index (χ2n) is 5.66. The Kier molecular flexibility index (Phi) is 12.9. The van der Waals surface area contributed by atoms with Gasteiger partial charge in [0.1, 0.15) is 0 Å². The molecule has 21 heavy (non-hydrogen) atoms. The van der Waals surface area contributed by atoms with Crippen LogP contribution >= 0.6 is 0 Å². The molecular formula is C16H31NO4. The molecule has 0 radical (unpaired) electrons. The van der Waals surface area contributed by atoms with Crippen molar-refractivity contribution in [3.8, 4) is 0 Å². The van der Waals surface area contributed by atoms with Crippen molar-refractivity contribution in [1.82, 2.24) is 5.32 Å². The molecule has 0 atom stereocenters. The fraction of sp³-hybridized carbons (Fsp3) is 0.875. The first kappa shape index (κ1) is 19.7. The third kappa shape index (κ3) is 15.0. The summed E-state index contributed by atoms with van der Waals surface area (Å²) in [6.45, 7) is 7.67. The highest BCUT2D eigenvalue weighted by Gasteiger charge is 2.04. The van der Waals surface area contributed by atoms with Gasteiger partial charge >= 0.3 is 12.1 Å². The van der Waals surface area contributed by atoms with Crippen LogP contribution in [0.5, 0.6) is 0 Å². The Morgan fingerprint density at radius 1 is 1.00 bits per heavy atom. The van der Waals surface area contributed by atoms with Crippen molar-refractivity contribution in [2.45, 2.75) is 65.7 Å². The molecule has 0 heterocycles. The highest BCUT2D eigenvalue weighted by molar-refractivity contribution is 5.69. The van der Waals surface area contributed by atoms with E-state index in [9.17, 15) is 9.59 Å². The van der Waals surface area contributed by atoms with Gasteiger partial charge in [0.25, 0.3) is 0 Å². The molecule has 0 aromatic carbocycles. The van der Waals surface area contributed by atoms with Gasteiger partial charge in [-0.3, -0.25) is 4.79 Å². The maximum Gasteiger partial charge on any atom is 0.407 e. The number of nitrogens with one attached hydrogen (secondary N) is 1. The number of hydrogen-bond acceptors (Lipinski definition) is 4. The second kappa shape index (κ2) is 13.7. The summed E-state index contributed by atoms with van der Waals surface area (Å²) in [7, 11) is 0. The van der Waals surface area contributed by atoms with E-state index in [2.05, 4.69) is 12.2 Å². The molecule has 0 aliphatic rings. The smallest absolute Gasteiger partial charge is 0.407 e. The number of unbranched alkanes of at least 4 members (excludes halogenated alkanes) is 4. The van der Waals surface area contributed by atoms with Crippen molar-refractivity contribution < 1.29 is 19.1 Å². The molecule has 1 amide bonds. The fourth-order valence-electron chi connectivity index (χ4n) is 1.67. The summed E-state index contributed by atoms with van der Waals surface area (Å²) < 4.78 is 10.1. The molecule has 1 N–H and O–H groups in total. The Morgan fingerprint density at radius 2 is 1.76 bits per heavy atom. The van der Waals surface area contributed by atoms with E-state index in [1.807, 2.05) is 13.8 Å². The van der Waals surface area contributed by atoms with Crippen LogP contribution in [0.2, 0.25) is 0 Å². The van der Waals surface area contributed by atoms with Crippen molar-refractivity contribution in [2.24, 2.45) is 5.92 Å². The van der Waals surface area contributed by atoms with Gasteiger partial charge in [-0.15, -0.1) is 0 Å². The molecule has 5 nitrogen and oxygen atoms in total. The standard InChI is InChI=1S/C16H31NO4/c1-4-5-9-12-20-15(18)10-7-6-8-11-17-16(19)21-13-14(2)3/h14H,4-13H2,1-3H3,(H,17,19). The molecule has 0 bridgehead atoms. The lowest BCUT2D eigenvalue weighted by atomic mass is 10.2. The van der Waals surface area contributed by atoms with Crippen LogP contribution < -0.4 is 5.32 Å². The van der Waals surface area contributed by atoms with Crippen LogP contribution in [0.15, 0.2) is 0 Å². The molecule has 0 saturated carbocycles. The lowest BCUT2D eigenvalue weighted by molar-refractivity contribution is -0.143. The van der Waals surface area contributed by atoms with Crippen LogP contribution in [0.3, 0.4) is 0 Å². The molecule has 0 fully saturated rings. The minimum Gasteiger partial charge on any atom is -0.466 e. The molecule has 0 rings (SSSR count). The number of amides is 1. The number of ether oxygens (including phenoxy) is 2. The van der Waals surface area contributed by atoms with E-state index in [0.717, 1.165) is 38.5 Å². The van der Waals surface area contributed by atoms with Gasteiger partial charge in [0.2, 0.25) is 0 Å². The van der Waals surface area contributed by atoms with Crippen molar-refractivity contribution in [3.63, 3.8) is 0 Å². The zero-order chi connectivity index (χ0) is 15.9. The summed E-state index contributed by atoms with van der Waals surface area (Å²) in [6, 6.07) is 0. The Hall–Kier alpha value is -1.26. The topological polar surface area (TPSA) is 64.6 Å². The number of rotatable bonds is 12. The Bertz CT molecular complexity index is 279. The lowest BCUT2D eigenvalue weighted by Gasteiger charge is -2.08. The van der Waals surface area contributed by atoms with Crippen LogP contribution in [0.1, 0.15) is 65.7 Å². The maximum atomic E-state index is 11.4. The van der Waals surface area contributed by atoms with Gasteiger partial charge in [-0.05, 0) is 25.2 Å². The monoisotopic (exact) mass is 301 g/mol. The molecule has 5 heteroatoms. The van der Waals surface area contributed by atoms with E-state index >= 15 is 0 Å². The van der Waals surface area contributed by atoms with Gasteiger partial charge in [-0.25, -0.2) is 4.79 Å². The number of alkyl carbamates (subject to hydrolysis) is 1. The van der Waals surface area contributed by atoms with Crippen LogP contribution in [0.25, 0.3) is 0 Å². The Labute approximate surface area is 128 Å². The van der Waals surface area contributed by atoms with Crippen LogP contribution in [-0.2, 0) is 14.3 Å². The molecule has 0 spiro atoms. The van der Waals surface area contributed by atoms with E-state index in [1.165, 1.54) is 0 Å². The maximum absolute atomic E-state index is 11.4. The largest absolute Gasteiger partial charge is 0.466 e. The summed E-state index contributed by atoms with van der Waals surface area (Å²) in [5.74, 6) is 0.231. The summed E-state index contributed by atoms with van der Waals surface area (Å²) in [5, 5.41) is 2.70. The van der Waals surface area contributed by atoms with E-state index < -0.39 is 0 Å². The average molecular weight is 301 g/mol. The predicted molar refractivity (Wildman–Crippen MR) is 83.1 cm³/mol. The van der Waals surface area contributed by atoms with Crippen molar-refractivity contribution in [3.05, 3.63) is 0 Å². The molecule has 0 aliphatic carbocycles. The number of carbonyl (C=O) groups is 2. The van der Waals surface area contributed by atoms with Gasteiger partial charge in [-0.1, -0.05) is 40.0 Å². The number of carbonyl (C=O) groups excluding carboxylic acids is 2. The minimum absolute atomic E-state index is 0.115. The molecule has 0 aromatic heterocycles. The highest BCUT2D eigenvalue weighted by atomic mass is 16.5. The van der Waals surface area contributed by atoms with Crippen LogP contribution in [0.4, 0.5) is 4.79 Å². The Morgan fingerprint density at radius 3 is 2.43 bits per heavy atom. The van der Waals surface area contributed by atoms with Crippen molar-refractivity contribution in [2.75, 3.05) is 19.8 Å². The molecular weight excluding hydrogens is 270 g/mol. The summed E-state index contributed by atoms with van der Waals surface area (Å²) in [4.78, 5) is 22.6. The van der Waals surface area contributed by atoms with E-state index in [1.54, 1.807) is 0 Å². The zero-order valence-electron chi connectivity index (χ0n) is 13.8. The van der Waals surface area contributed by atoms with E-state index in [-0.39, 0.29) is 12.1 Å². The predicted octanol–water partition coefficient (Wildman–Crippen LogP) is 3.66. The molecule has 0 aromatic rings. The van der Waals surface area contributed by atoms with Crippen LogP contribution in [0, 0.1) is 5.92 Å². The lowest BCUT2D eigenvalue weighted by Crippen LogP contribution is -2.26. The average Bonchev–Trinajstić information content (AvgIpc) is 2.45. The Balaban J connectivity index is 3.31. The summed E-state index contributed by atoms with van der Waals surface area (Å²) >= 11 is 0. The first-order valence-corrected chi connectivity index (χ1v) is 8.12. The first-order chi connectivity index (χ1) is 10.1. The van der Waals surface area contributed by atoms with Gasteiger partial charge in [0, 0.05) is 13.0 Å². The number of esters is 1. The molecule has 0 unspecified atom stereocenters. The third-order valence-electron chi connectivity index (χ3n) is 2.89. The normalized spacial score (nSPS) is 10.5. The van der Waals surface area contributed by atoms with Crippen LogP contribution in [-0.4, -0.2) is 31.8 Å². The SMILES string of the molecule is CCCCCOC(=O)CCCCCNC(=O)OCC(C)C. The van der Waals surface area contributed by atoms with E-state index in [4.69, 9.17) is 9.47 Å². The van der Waals surface area contributed by atoms with Gasteiger partial charge < -0.3 is 14.8 Å². The molecule has 0 aliphatic heterocycles. The molecule has 0 saturated heterocycles. The van der Waals surface area contributed by atoms with Gasteiger partial charge in [0.15, 0.2) is 0 Å².